The van der Waals surface area contributed by atoms with Crippen LogP contribution in [0.4, 0.5) is 0 Å². The fourth-order valence-corrected chi connectivity index (χ4v) is 2.63. The van der Waals surface area contributed by atoms with E-state index in [1.54, 1.807) is 7.05 Å². The van der Waals surface area contributed by atoms with Crippen LogP contribution in [-0.4, -0.2) is 32.0 Å². The molecule has 6 heteroatoms. The summed E-state index contributed by atoms with van der Waals surface area (Å²) >= 11 is 0. The second-order valence-electron chi connectivity index (χ2n) is 6.06. The maximum absolute atomic E-state index is 11.6. The minimum atomic E-state index is 0.164. The van der Waals surface area contributed by atoms with Gasteiger partial charge in [-0.15, -0.1) is 0 Å². The van der Waals surface area contributed by atoms with Gasteiger partial charge in [-0.25, -0.2) is 0 Å². The summed E-state index contributed by atoms with van der Waals surface area (Å²) in [5.74, 6) is 2.01. The zero-order valence-corrected chi connectivity index (χ0v) is 14.2. The molecule has 1 heterocycles. The second kappa shape index (κ2) is 7.38. The third kappa shape index (κ3) is 3.88. The molecule has 128 valence electrons. The van der Waals surface area contributed by atoms with Crippen molar-refractivity contribution in [3.8, 4) is 0 Å². The van der Waals surface area contributed by atoms with Gasteiger partial charge in [0, 0.05) is 37.0 Å². The Morgan fingerprint density at radius 3 is 2.67 bits per heavy atom. The highest BCUT2D eigenvalue weighted by Crippen LogP contribution is 2.28. The molecular formula is C18H24N4O2. The van der Waals surface area contributed by atoms with E-state index < -0.39 is 0 Å². The topological polar surface area (TPSA) is 78.7 Å². The van der Waals surface area contributed by atoms with E-state index in [2.05, 4.69) is 33.9 Å². The van der Waals surface area contributed by atoms with E-state index in [-0.39, 0.29) is 11.8 Å². The van der Waals surface area contributed by atoms with Gasteiger partial charge in [0.25, 0.3) is 0 Å². The number of nitrogens with one attached hydrogen (secondary N) is 3. The number of carbonyl (C=O) groups is 1. The minimum Gasteiger partial charge on any atom is -0.459 e. The molecule has 2 aromatic rings. The molecule has 3 rings (SSSR count). The number of aryl methyl sites for hydroxylation is 1. The Bertz CT molecular complexity index is 747. The molecule has 24 heavy (non-hydrogen) atoms. The molecule has 3 N–H and O–H groups in total. The smallest absolute Gasteiger partial charge is 0.223 e. The van der Waals surface area contributed by atoms with Gasteiger partial charge in [0.1, 0.15) is 11.3 Å². The molecule has 6 nitrogen and oxygen atoms in total. The lowest BCUT2D eigenvalue weighted by atomic mass is 10.1. The summed E-state index contributed by atoms with van der Waals surface area (Å²) < 4.78 is 5.88. The average Bonchev–Trinajstić information content (AvgIpc) is 3.40. The van der Waals surface area contributed by atoms with Crippen molar-refractivity contribution in [1.29, 1.82) is 0 Å². The van der Waals surface area contributed by atoms with E-state index in [4.69, 9.17) is 4.42 Å². The number of para-hydroxylation sites is 1. The number of fused-ring (bicyclic) bond motifs is 1. The van der Waals surface area contributed by atoms with Crippen molar-refractivity contribution in [2.24, 2.45) is 10.9 Å². The zero-order valence-electron chi connectivity index (χ0n) is 14.2. The number of furan rings is 1. The molecule has 0 aliphatic heterocycles. The molecular weight excluding hydrogens is 304 g/mol. The Kier molecular flexibility index (Phi) is 5.03. The first-order chi connectivity index (χ1) is 11.7. The molecule has 0 radical (unpaired) electrons. The van der Waals surface area contributed by atoms with E-state index in [1.165, 1.54) is 0 Å². The van der Waals surface area contributed by atoms with Gasteiger partial charge in [-0.1, -0.05) is 18.2 Å². The molecule has 1 aromatic carbocycles. The molecule has 1 aliphatic carbocycles. The Morgan fingerprint density at radius 2 is 1.96 bits per heavy atom. The summed E-state index contributed by atoms with van der Waals surface area (Å²) in [5, 5.41) is 10.5. The van der Waals surface area contributed by atoms with E-state index in [9.17, 15) is 4.79 Å². The van der Waals surface area contributed by atoms with Crippen LogP contribution in [0.5, 0.6) is 0 Å². The van der Waals surface area contributed by atoms with E-state index in [0.29, 0.717) is 25.6 Å². The molecule has 1 aromatic heterocycles. The van der Waals surface area contributed by atoms with Crippen LogP contribution in [0.25, 0.3) is 11.0 Å². The van der Waals surface area contributed by atoms with Crippen LogP contribution in [0.15, 0.2) is 33.7 Å². The normalized spacial score (nSPS) is 14.7. The van der Waals surface area contributed by atoms with Crippen molar-refractivity contribution in [1.82, 2.24) is 16.0 Å². The summed E-state index contributed by atoms with van der Waals surface area (Å²) in [4.78, 5) is 15.7. The largest absolute Gasteiger partial charge is 0.459 e. The Balaban J connectivity index is 1.46. The third-order valence-corrected chi connectivity index (χ3v) is 4.25. The number of hydrogen-bond acceptors (Lipinski definition) is 3. The number of benzene rings is 1. The van der Waals surface area contributed by atoms with Crippen molar-refractivity contribution in [3.05, 3.63) is 35.6 Å². The van der Waals surface area contributed by atoms with Gasteiger partial charge in [-0.3, -0.25) is 9.79 Å². The molecule has 0 saturated heterocycles. The van der Waals surface area contributed by atoms with Gasteiger partial charge in [0.2, 0.25) is 5.91 Å². The maximum atomic E-state index is 11.6. The van der Waals surface area contributed by atoms with Crippen LogP contribution < -0.4 is 16.0 Å². The lowest BCUT2D eigenvalue weighted by Crippen LogP contribution is -2.41. The van der Waals surface area contributed by atoms with Crippen molar-refractivity contribution in [2.75, 3.05) is 20.1 Å². The fraction of sp³-hybridized carbons (Fsp3) is 0.444. The van der Waals surface area contributed by atoms with Gasteiger partial charge < -0.3 is 20.4 Å². The molecule has 0 unspecified atom stereocenters. The van der Waals surface area contributed by atoms with Gasteiger partial charge in [0.15, 0.2) is 5.96 Å². The number of hydrogen-bond donors (Lipinski definition) is 3. The average molecular weight is 328 g/mol. The molecule has 1 amide bonds. The molecule has 1 fully saturated rings. The van der Waals surface area contributed by atoms with Crippen LogP contribution in [0.1, 0.15) is 24.2 Å². The summed E-state index contributed by atoms with van der Waals surface area (Å²) in [6.45, 7) is 3.86. The molecule has 1 aliphatic rings. The Hall–Kier alpha value is -2.50. The number of guanidine groups is 1. The SMILES string of the molecule is CN=C(NCCNC(=O)C1CC1)NCc1oc2ccccc2c1C. The number of aliphatic imine (C=N–C) groups is 1. The van der Waals surface area contributed by atoms with Crippen molar-refractivity contribution in [2.45, 2.75) is 26.3 Å². The highest BCUT2D eigenvalue weighted by atomic mass is 16.3. The summed E-state index contributed by atoms with van der Waals surface area (Å²) in [5.41, 5.74) is 2.04. The fourth-order valence-electron chi connectivity index (χ4n) is 2.63. The highest BCUT2D eigenvalue weighted by molar-refractivity contribution is 5.83. The van der Waals surface area contributed by atoms with Gasteiger partial charge >= 0.3 is 0 Å². The van der Waals surface area contributed by atoms with Gasteiger partial charge in [-0.05, 0) is 25.8 Å². The number of nitrogens with zero attached hydrogens (tertiary/aromatic N) is 1. The van der Waals surface area contributed by atoms with Gasteiger partial charge in [0.05, 0.1) is 6.54 Å². The third-order valence-electron chi connectivity index (χ3n) is 4.25. The number of carbonyl (C=O) groups excluding carboxylic acids is 1. The number of rotatable bonds is 6. The first kappa shape index (κ1) is 16.4. The highest BCUT2D eigenvalue weighted by Gasteiger charge is 2.28. The summed E-state index contributed by atoms with van der Waals surface area (Å²) in [6.07, 6.45) is 2.05. The van der Waals surface area contributed by atoms with Crippen molar-refractivity contribution >= 4 is 22.8 Å². The maximum Gasteiger partial charge on any atom is 0.223 e. The van der Waals surface area contributed by atoms with E-state index in [1.807, 2.05) is 18.2 Å². The lowest BCUT2D eigenvalue weighted by Gasteiger charge is -2.11. The van der Waals surface area contributed by atoms with Crippen LogP contribution in [0, 0.1) is 12.8 Å². The second-order valence-corrected chi connectivity index (χ2v) is 6.06. The Labute approximate surface area is 141 Å². The van der Waals surface area contributed by atoms with Crippen molar-refractivity contribution in [3.63, 3.8) is 0 Å². The predicted molar refractivity (Wildman–Crippen MR) is 94.9 cm³/mol. The standard InChI is InChI=1S/C18H24N4O2/c1-12-14-5-3-4-6-15(14)24-16(12)11-22-18(19-2)21-10-9-20-17(23)13-7-8-13/h3-6,13H,7-11H2,1-2H3,(H,20,23)(H2,19,21,22). The quantitative estimate of drug-likeness (QED) is 0.430. The van der Waals surface area contributed by atoms with Crippen LogP contribution in [-0.2, 0) is 11.3 Å². The summed E-state index contributed by atoms with van der Waals surface area (Å²) in [7, 11) is 1.73. The van der Waals surface area contributed by atoms with Gasteiger partial charge in [-0.2, -0.15) is 0 Å². The van der Waals surface area contributed by atoms with E-state index >= 15 is 0 Å². The first-order valence-corrected chi connectivity index (χ1v) is 8.38. The first-order valence-electron chi connectivity index (χ1n) is 8.38. The molecule has 1 saturated carbocycles. The van der Waals surface area contributed by atoms with E-state index in [0.717, 1.165) is 35.1 Å². The van der Waals surface area contributed by atoms with Crippen LogP contribution >= 0.6 is 0 Å². The zero-order chi connectivity index (χ0) is 16.9. The van der Waals surface area contributed by atoms with Crippen LogP contribution in [0.3, 0.4) is 0 Å². The monoisotopic (exact) mass is 328 g/mol. The van der Waals surface area contributed by atoms with Crippen molar-refractivity contribution < 1.29 is 9.21 Å². The number of amides is 1. The Morgan fingerprint density at radius 1 is 1.21 bits per heavy atom. The minimum absolute atomic E-state index is 0.164. The van der Waals surface area contributed by atoms with Crippen LogP contribution in [0.2, 0.25) is 0 Å². The molecule has 0 atom stereocenters. The predicted octanol–water partition coefficient (Wildman–Crippen LogP) is 1.93. The molecule has 0 spiro atoms. The molecule has 0 bridgehead atoms. The summed E-state index contributed by atoms with van der Waals surface area (Å²) in [6, 6.07) is 8.02. The lowest BCUT2D eigenvalue weighted by molar-refractivity contribution is -0.122.